The summed E-state index contributed by atoms with van der Waals surface area (Å²) in [6.45, 7) is 3.88. The van der Waals surface area contributed by atoms with Gasteiger partial charge in [0.05, 0.1) is 19.9 Å². The lowest BCUT2D eigenvalue weighted by atomic mass is 9.68. The van der Waals surface area contributed by atoms with Crippen LogP contribution in [0.3, 0.4) is 0 Å². The highest BCUT2D eigenvalue weighted by molar-refractivity contribution is 5.30. The number of benzene rings is 2. The van der Waals surface area contributed by atoms with Gasteiger partial charge in [0.15, 0.2) is 0 Å². The van der Waals surface area contributed by atoms with E-state index in [1.807, 2.05) is 56.3 Å². The van der Waals surface area contributed by atoms with Crippen LogP contribution in [0, 0.1) is 13.8 Å². The largest absolute Gasteiger partial charge is 0.467 e. The molecule has 1 aliphatic carbocycles. The first-order valence-corrected chi connectivity index (χ1v) is 11.4. The first-order valence-electron chi connectivity index (χ1n) is 11.4. The number of ether oxygens (including phenoxy) is 2. The van der Waals surface area contributed by atoms with Crippen molar-refractivity contribution in [1.82, 2.24) is 19.9 Å². The molecular formula is C28H32N4O2. The van der Waals surface area contributed by atoms with Crippen LogP contribution in [-0.4, -0.2) is 34.2 Å². The van der Waals surface area contributed by atoms with Crippen LogP contribution in [0.25, 0.3) is 0 Å². The smallest absolute Gasteiger partial charge is 0.316 e. The van der Waals surface area contributed by atoms with E-state index < -0.39 is 0 Å². The Morgan fingerprint density at radius 2 is 1.21 bits per heavy atom. The summed E-state index contributed by atoms with van der Waals surface area (Å²) in [7, 11) is 3.17. The van der Waals surface area contributed by atoms with Gasteiger partial charge in [-0.2, -0.15) is 4.98 Å². The molecule has 2 atom stereocenters. The molecule has 2 aromatic carbocycles. The van der Waals surface area contributed by atoms with E-state index in [1.54, 1.807) is 20.4 Å². The molecule has 0 spiro atoms. The van der Waals surface area contributed by atoms with Gasteiger partial charge in [-0.1, -0.05) is 66.7 Å². The third-order valence-electron chi connectivity index (χ3n) is 5.54. The minimum absolute atomic E-state index is 0.426. The molecule has 1 fully saturated rings. The standard InChI is InChI=1S/C16H18N2O.C6H8N2O.C6H6/c1-11-10-15(18-16(17-11)19-2)14-9-8-13(14)12-6-4-3-5-7-12;1-5-3-4-7-6(8-5)9-2;1-2-4-6-5-3-1/h3-7,10,13-14H,8-9H2,1-2H3;3-4H,1-2H3;1-6H. The molecule has 34 heavy (non-hydrogen) atoms. The van der Waals surface area contributed by atoms with Gasteiger partial charge in [0.25, 0.3) is 0 Å². The predicted octanol–water partition coefficient (Wildman–Crippen LogP) is 5.94. The molecule has 1 aliphatic rings. The SMILES string of the molecule is COc1nc(C)cc(C2CCC2c2ccccc2)n1.COc1nccc(C)n1.c1ccccc1. The molecule has 0 N–H and O–H groups in total. The molecule has 0 aliphatic heterocycles. The molecule has 2 heterocycles. The maximum absolute atomic E-state index is 5.17. The zero-order valence-electron chi connectivity index (χ0n) is 20.3. The summed E-state index contributed by atoms with van der Waals surface area (Å²) in [4.78, 5) is 16.6. The lowest BCUT2D eigenvalue weighted by Crippen LogP contribution is -2.23. The molecule has 2 unspecified atom stereocenters. The summed E-state index contributed by atoms with van der Waals surface area (Å²) < 4.78 is 9.95. The van der Waals surface area contributed by atoms with Gasteiger partial charge in [-0.15, -0.1) is 0 Å². The fourth-order valence-electron chi connectivity index (χ4n) is 3.71. The molecule has 5 rings (SSSR count). The first-order chi connectivity index (χ1) is 16.6. The molecule has 0 amide bonds. The Hall–Kier alpha value is -3.80. The molecular weight excluding hydrogens is 424 g/mol. The van der Waals surface area contributed by atoms with Crippen molar-refractivity contribution in [3.8, 4) is 12.0 Å². The highest BCUT2D eigenvalue weighted by atomic mass is 16.5. The average Bonchev–Trinajstić information content (AvgIpc) is 2.85. The summed E-state index contributed by atoms with van der Waals surface area (Å²) in [5, 5.41) is 0. The van der Waals surface area contributed by atoms with E-state index in [4.69, 9.17) is 9.47 Å². The highest BCUT2D eigenvalue weighted by Crippen LogP contribution is 2.48. The number of hydrogen-bond acceptors (Lipinski definition) is 6. The number of hydrogen-bond donors (Lipinski definition) is 0. The van der Waals surface area contributed by atoms with Crippen molar-refractivity contribution in [2.75, 3.05) is 14.2 Å². The van der Waals surface area contributed by atoms with Gasteiger partial charge in [-0.05, 0) is 50.3 Å². The van der Waals surface area contributed by atoms with Crippen LogP contribution in [-0.2, 0) is 0 Å². The average molecular weight is 457 g/mol. The second-order valence-corrected chi connectivity index (χ2v) is 7.96. The van der Waals surface area contributed by atoms with Gasteiger partial charge in [0.2, 0.25) is 0 Å². The van der Waals surface area contributed by atoms with Gasteiger partial charge in [-0.3, -0.25) is 0 Å². The van der Waals surface area contributed by atoms with Crippen molar-refractivity contribution in [1.29, 1.82) is 0 Å². The molecule has 4 aromatic rings. The lowest BCUT2D eigenvalue weighted by molar-refractivity contribution is 0.328. The van der Waals surface area contributed by atoms with Crippen LogP contribution in [0.1, 0.15) is 47.3 Å². The summed E-state index contributed by atoms with van der Waals surface area (Å²) in [5.74, 6) is 1.08. The van der Waals surface area contributed by atoms with Gasteiger partial charge in [-0.25, -0.2) is 15.0 Å². The molecule has 2 aromatic heterocycles. The molecule has 6 heteroatoms. The highest BCUT2D eigenvalue weighted by Gasteiger charge is 2.34. The fourth-order valence-corrected chi connectivity index (χ4v) is 3.71. The number of methoxy groups -OCH3 is 2. The quantitative estimate of drug-likeness (QED) is 0.379. The fraction of sp³-hybridized carbons (Fsp3) is 0.286. The Morgan fingerprint density at radius 1 is 0.647 bits per heavy atom. The number of nitrogens with zero attached hydrogens (tertiary/aromatic N) is 4. The summed E-state index contributed by atoms with van der Waals surface area (Å²) in [6, 6.07) is 27.5. The van der Waals surface area contributed by atoms with Crippen molar-refractivity contribution in [3.63, 3.8) is 0 Å². The van der Waals surface area contributed by atoms with E-state index in [9.17, 15) is 0 Å². The van der Waals surface area contributed by atoms with E-state index in [-0.39, 0.29) is 0 Å². The molecule has 1 saturated carbocycles. The monoisotopic (exact) mass is 456 g/mol. The van der Waals surface area contributed by atoms with Crippen LogP contribution in [0.15, 0.2) is 85.1 Å². The van der Waals surface area contributed by atoms with Gasteiger partial charge >= 0.3 is 12.0 Å². The molecule has 176 valence electrons. The molecule has 6 nitrogen and oxygen atoms in total. The van der Waals surface area contributed by atoms with Gasteiger partial charge in [0.1, 0.15) is 0 Å². The molecule has 0 radical (unpaired) electrons. The van der Waals surface area contributed by atoms with E-state index in [1.165, 1.54) is 18.4 Å². The van der Waals surface area contributed by atoms with E-state index in [0.717, 1.165) is 17.1 Å². The molecule has 0 saturated heterocycles. The van der Waals surface area contributed by atoms with E-state index in [2.05, 4.69) is 56.3 Å². The van der Waals surface area contributed by atoms with E-state index in [0.29, 0.717) is 23.9 Å². The zero-order chi connectivity index (χ0) is 24.2. The van der Waals surface area contributed by atoms with Crippen LogP contribution < -0.4 is 9.47 Å². The first kappa shape index (κ1) is 24.8. The zero-order valence-corrected chi connectivity index (χ0v) is 20.3. The van der Waals surface area contributed by atoms with Crippen molar-refractivity contribution < 1.29 is 9.47 Å². The summed E-state index contributed by atoms with van der Waals surface area (Å²) in [6.07, 6.45) is 4.10. The topological polar surface area (TPSA) is 70.0 Å². The van der Waals surface area contributed by atoms with Crippen molar-refractivity contribution in [3.05, 3.63) is 108 Å². The second kappa shape index (κ2) is 13.0. The third-order valence-corrected chi connectivity index (χ3v) is 5.54. The van der Waals surface area contributed by atoms with Crippen molar-refractivity contribution in [2.24, 2.45) is 0 Å². The minimum atomic E-state index is 0.426. The molecule has 0 bridgehead atoms. The predicted molar refractivity (Wildman–Crippen MR) is 134 cm³/mol. The van der Waals surface area contributed by atoms with Gasteiger partial charge < -0.3 is 9.47 Å². The Balaban J connectivity index is 0.000000178. The Morgan fingerprint density at radius 3 is 1.71 bits per heavy atom. The summed E-state index contributed by atoms with van der Waals surface area (Å²) >= 11 is 0. The Labute approximate surface area is 202 Å². The van der Waals surface area contributed by atoms with Crippen LogP contribution in [0.5, 0.6) is 12.0 Å². The van der Waals surface area contributed by atoms with Crippen molar-refractivity contribution in [2.45, 2.75) is 38.5 Å². The van der Waals surface area contributed by atoms with E-state index >= 15 is 0 Å². The minimum Gasteiger partial charge on any atom is -0.467 e. The lowest BCUT2D eigenvalue weighted by Gasteiger charge is -2.36. The maximum Gasteiger partial charge on any atom is 0.316 e. The van der Waals surface area contributed by atoms with Crippen LogP contribution in [0.2, 0.25) is 0 Å². The second-order valence-electron chi connectivity index (χ2n) is 7.96. The van der Waals surface area contributed by atoms with Crippen molar-refractivity contribution >= 4 is 0 Å². The Kier molecular flexibility index (Phi) is 9.52. The summed E-state index contributed by atoms with van der Waals surface area (Å²) in [5.41, 5.74) is 4.42. The van der Waals surface area contributed by atoms with Crippen LogP contribution in [0.4, 0.5) is 0 Å². The number of rotatable bonds is 4. The van der Waals surface area contributed by atoms with Crippen LogP contribution >= 0.6 is 0 Å². The third kappa shape index (κ3) is 7.37. The van der Waals surface area contributed by atoms with Gasteiger partial charge in [0, 0.05) is 23.5 Å². The number of aromatic nitrogens is 4. The normalized spacial score (nSPS) is 16.0. The maximum atomic E-state index is 5.17. The number of aryl methyl sites for hydroxylation is 2. The Bertz CT molecular complexity index is 1100.